The average Bonchev–Trinajstić information content (AvgIpc) is 2.49. The van der Waals surface area contributed by atoms with E-state index in [1.54, 1.807) is 16.4 Å². The number of rotatable bonds is 5. The predicted octanol–water partition coefficient (Wildman–Crippen LogP) is 1.81. The molecule has 0 bridgehead atoms. The van der Waals surface area contributed by atoms with Crippen molar-refractivity contribution >= 4 is 17.7 Å². The highest BCUT2D eigenvalue weighted by atomic mass is 32.2. The molecule has 0 aliphatic rings. The van der Waals surface area contributed by atoms with Crippen molar-refractivity contribution < 1.29 is 4.79 Å². The number of nitrogens with zero attached hydrogens (tertiary/aromatic N) is 3. The molecule has 1 rings (SSSR count). The standard InChI is InChI=1S/C10H18N4OS/c1-5-16-10-12-11-8(4)14(10)13-9(15)6-7(2)3/h7H,5-6H2,1-4H3,(H,13,15). The van der Waals surface area contributed by atoms with E-state index in [-0.39, 0.29) is 5.91 Å². The van der Waals surface area contributed by atoms with Crippen LogP contribution < -0.4 is 5.43 Å². The van der Waals surface area contributed by atoms with Gasteiger partial charge in [-0.3, -0.25) is 10.2 Å². The fourth-order valence-electron chi connectivity index (χ4n) is 1.24. The maximum Gasteiger partial charge on any atom is 0.239 e. The quantitative estimate of drug-likeness (QED) is 0.800. The van der Waals surface area contributed by atoms with Crippen molar-refractivity contribution in [1.29, 1.82) is 0 Å². The van der Waals surface area contributed by atoms with Crippen LogP contribution in [0.4, 0.5) is 0 Å². The first-order valence-electron chi connectivity index (χ1n) is 5.39. The van der Waals surface area contributed by atoms with Gasteiger partial charge in [0.15, 0.2) is 0 Å². The van der Waals surface area contributed by atoms with Gasteiger partial charge in [-0.25, -0.2) is 4.68 Å². The molecule has 0 atom stereocenters. The molecule has 1 aromatic heterocycles. The topological polar surface area (TPSA) is 59.8 Å². The molecule has 0 saturated heterocycles. The summed E-state index contributed by atoms with van der Waals surface area (Å²) in [6.07, 6.45) is 0.508. The minimum absolute atomic E-state index is 0.00384. The first kappa shape index (κ1) is 13.0. The number of hydrogen-bond acceptors (Lipinski definition) is 4. The molecule has 1 amide bonds. The molecule has 6 heteroatoms. The molecule has 0 saturated carbocycles. The highest BCUT2D eigenvalue weighted by Crippen LogP contribution is 2.14. The smallest absolute Gasteiger partial charge is 0.239 e. The molecular formula is C10H18N4OS. The van der Waals surface area contributed by atoms with Gasteiger partial charge in [0.2, 0.25) is 11.1 Å². The summed E-state index contributed by atoms with van der Waals surface area (Å²) in [6, 6.07) is 0. The molecule has 0 radical (unpaired) electrons. The normalized spacial score (nSPS) is 10.8. The molecule has 0 aromatic carbocycles. The van der Waals surface area contributed by atoms with E-state index < -0.39 is 0 Å². The van der Waals surface area contributed by atoms with Crippen molar-refractivity contribution in [3.63, 3.8) is 0 Å². The van der Waals surface area contributed by atoms with Gasteiger partial charge in [0.05, 0.1) is 0 Å². The minimum Gasteiger partial charge on any atom is -0.273 e. The lowest BCUT2D eigenvalue weighted by atomic mass is 10.1. The van der Waals surface area contributed by atoms with Gasteiger partial charge in [-0.15, -0.1) is 10.2 Å². The lowest BCUT2D eigenvalue weighted by molar-refractivity contribution is -0.117. The summed E-state index contributed by atoms with van der Waals surface area (Å²) in [5.41, 5.74) is 2.81. The Kier molecular flexibility index (Phi) is 4.79. The van der Waals surface area contributed by atoms with Crippen LogP contribution in [0.1, 0.15) is 33.0 Å². The van der Waals surface area contributed by atoms with Crippen molar-refractivity contribution in [3.05, 3.63) is 5.82 Å². The van der Waals surface area contributed by atoms with Gasteiger partial charge in [-0.1, -0.05) is 32.5 Å². The van der Waals surface area contributed by atoms with Gasteiger partial charge >= 0.3 is 0 Å². The maximum absolute atomic E-state index is 11.6. The van der Waals surface area contributed by atoms with Gasteiger partial charge in [0, 0.05) is 6.42 Å². The Hall–Kier alpha value is -1.04. The third-order valence-electron chi connectivity index (χ3n) is 1.90. The van der Waals surface area contributed by atoms with E-state index in [2.05, 4.69) is 15.6 Å². The second-order valence-electron chi connectivity index (χ2n) is 3.93. The lowest BCUT2D eigenvalue weighted by Gasteiger charge is -2.10. The van der Waals surface area contributed by atoms with Crippen LogP contribution in [0.25, 0.3) is 0 Å². The van der Waals surface area contributed by atoms with E-state index in [1.807, 2.05) is 27.7 Å². The number of aryl methyl sites for hydroxylation is 1. The summed E-state index contributed by atoms with van der Waals surface area (Å²) in [5, 5.41) is 8.68. The largest absolute Gasteiger partial charge is 0.273 e. The van der Waals surface area contributed by atoms with Crippen molar-refractivity contribution in [3.8, 4) is 0 Å². The third-order valence-corrected chi connectivity index (χ3v) is 2.71. The first-order chi connectivity index (χ1) is 7.54. The molecular weight excluding hydrogens is 224 g/mol. The number of carbonyl (C=O) groups excluding carboxylic acids is 1. The SMILES string of the molecule is CCSc1nnc(C)n1NC(=O)CC(C)C. The Morgan fingerprint density at radius 3 is 2.75 bits per heavy atom. The van der Waals surface area contributed by atoms with Gasteiger partial charge in [-0.2, -0.15) is 0 Å². The van der Waals surface area contributed by atoms with Crippen molar-refractivity contribution in [2.24, 2.45) is 5.92 Å². The van der Waals surface area contributed by atoms with Crippen LogP contribution in [0, 0.1) is 12.8 Å². The molecule has 90 valence electrons. The Morgan fingerprint density at radius 1 is 1.50 bits per heavy atom. The van der Waals surface area contributed by atoms with Gasteiger partial charge in [-0.05, 0) is 18.6 Å². The molecule has 0 aliphatic heterocycles. The van der Waals surface area contributed by atoms with Crippen LogP contribution in [-0.4, -0.2) is 26.5 Å². The zero-order chi connectivity index (χ0) is 12.1. The molecule has 0 aliphatic carbocycles. The molecule has 0 spiro atoms. The van der Waals surface area contributed by atoms with Crippen LogP contribution in [0.5, 0.6) is 0 Å². The molecule has 16 heavy (non-hydrogen) atoms. The second-order valence-corrected chi connectivity index (χ2v) is 5.16. The monoisotopic (exact) mass is 242 g/mol. The average molecular weight is 242 g/mol. The molecule has 0 unspecified atom stereocenters. The molecule has 1 aromatic rings. The zero-order valence-electron chi connectivity index (χ0n) is 10.1. The summed E-state index contributed by atoms with van der Waals surface area (Å²) < 4.78 is 1.65. The number of amides is 1. The van der Waals surface area contributed by atoms with Crippen LogP contribution >= 0.6 is 11.8 Å². The van der Waals surface area contributed by atoms with Gasteiger partial charge in [0.1, 0.15) is 5.82 Å². The van der Waals surface area contributed by atoms with E-state index in [9.17, 15) is 4.79 Å². The van der Waals surface area contributed by atoms with Crippen molar-refractivity contribution in [2.75, 3.05) is 11.2 Å². The minimum atomic E-state index is -0.00384. The van der Waals surface area contributed by atoms with Crippen LogP contribution in [0.3, 0.4) is 0 Å². The van der Waals surface area contributed by atoms with E-state index in [1.165, 1.54) is 0 Å². The summed E-state index contributed by atoms with van der Waals surface area (Å²) in [6.45, 7) is 7.89. The van der Waals surface area contributed by atoms with E-state index in [0.29, 0.717) is 18.2 Å². The molecule has 5 nitrogen and oxygen atoms in total. The Bertz CT molecular complexity index is 362. The number of carbonyl (C=O) groups is 1. The fourth-order valence-corrected chi connectivity index (χ4v) is 1.90. The Labute approximate surface area is 100.0 Å². The number of thioether (sulfide) groups is 1. The zero-order valence-corrected chi connectivity index (χ0v) is 11.0. The van der Waals surface area contributed by atoms with Crippen LogP contribution in [0.2, 0.25) is 0 Å². The van der Waals surface area contributed by atoms with Gasteiger partial charge < -0.3 is 0 Å². The van der Waals surface area contributed by atoms with E-state index in [4.69, 9.17) is 0 Å². The summed E-state index contributed by atoms with van der Waals surface area (Å²) >= 11 is 1.56. The summed E-state index contributed by atoms with van der Waals surface area (Å²) in [4.78, 5) is 11.6. The first-order valence-corrected chi connectivity index (χ1v) is 6.37. The highest BCUT2D eigenvalue weighted by Gasteiger charge is 2.12. The number of aromatic nitrogens is 3. The van der Waals surface area contributed by atoms with Crippen molar-refractivity contribution in [2.45, 2.75) is 39.3 Å². The van der Waals surface area contributed by atoms with Crippen LogP contribution in [-0.2, 0) is 4.79 Å². The number of nitrogens with one attached hydrogen (secondary N) is 1. The number of hydrogen-bond donors (Lipinski definition) is 1. The summed E-state index contributed by atoms with van der Waals surface area (Å²) in [5.74, 6) is 1.95. The molecule has 1 N–H and O–H groups in total. The second kappa shape index (κ2) is 5.89. The molecule has 1 heterocycles. The van der Waals surface area contributed by atoms with Crippen molar-refractivity contribution in [1.82, 2.24) is 14.9 Å². The van der Waals surface area contributed by atoms with E-state index >= 15 is 0 Å². The van der Waals surface area contributed by atoms with Crippen LogP contribution in [0.15, 0.2) is 5.16 Å². The molecule has 0 fully saturated rings. The lowest BCUT2D eigenvalue weighted by Crippen LogP contribution is -2.25. The summed E-state index contributed by atoms with van der Waals surface area (Å²) in [7, 11) is 0. The Morgan fingerprint density at radius 2 is 2.19 bits per heavy atom. The Balaban J connectivity index is 2.71. The maximum atomic E-state index is 11.6. The van der Waals surface area contributed by atoms with Gasteiger partial charge in [0.25, 0.3) is 0 Å². The predicted molar refractivity (Wildman–Crippen MR) is 65.0 cm³/mol. The fraction of sp³-hybridized carbons (Fsp3) is 0.700. The van der Waals surface area contributed by atoms with E-state index in [0.717, 1.165) is 10.9 Å². The highest BCUT2D eigenvalue weighted by molar-refractivity contribution is 7.99. The third kappa shape index (κ3) is 3.52.